The number of aliphatic hydroxyl groups excluding tert-OH is 1. The van der Waals surface area contributed by atoms with Crippen molar-refractivity contribution in [1.29, 1.82) is 0 Å². The van der Waals surface area contributed by atoms with Crippen LogP contribution >= 0.6 is 0 Å². The highest BCUT2D eigenvalue weighted by atomic mass is 16.3. The third kappa shape index (κ3) is 3.06. The summed E-state index contributed by atoms with van der Waals surface area (Å²) in [4.78, 5) is 2.42. The molecule has 0 aromatic heterocycles. The Morgan fingerprint density at radius 1 is 1.24 bits per heavy atom. The van der Waals surface area contributed by atoms with Crippen LogP contribution in [0.4, 0.5) is 0 Å². The highest BCUT2D eigenvalue weighted by Crippen LogP contribution is 2.32. The largest absolute Gasteiger partial charge is 0.396 e. The Labute approximate surface area is 103 Å². The maximum absolute atomic E-state index is 9.49. The summed E-state index contributed by atoms with van der Waals surface area (Å²) in [5.74, 6) is 0.842. The van der Waals surface area contributed by atoms with Crippen LogP contribution in [0, 0.1) is 5.92 Å². The van der Waals surface area contributed by atoms with E-state index in [1.807, 2.05) is 6.07 Å². The molecule has 2 atom stereocenters. The molecule has 1 heterocycles. The fourth-order valence-electron chi connectivity index (χ4n) is 2.72. The number of hydrogen-bond donors (Lipinski definition) is 2. The molecule has 17 heavy (non-hydrogen) atoms. The van der Waals surface area contributed by atoms with E-state index in [9.17, 15) is 5.11 Å². The van der Waals surface area contributed by atoms with Crippen molar-refractivity contribution in [3.8, 4) is 0 Å². The first kappa shape index (κ1) is 12.6. The fraction of sp³-hybridized carbons (Fsp3) is 0.571. The van der Waals surface area contributed by atoms with Crippen molar-refractivity contribution in [3.05, 3.63) is 35.9 Å². The number of likely N-dealkylation sites (tertiary alicyclic amines) is 1. The van der Waals surface area contributed by atoms with Gasteiger partial charge in [0, 0.05) is 31.5 Å². The van der Waals surface area contributed by atoms with Crippen LogP contribution in [0.3, 0.4) is 0 Å². The van der Waals surface area contributed by atoms with E-state index in [-0.39, 0.29) is 6.61 Å². The molecule has 3 heteroatoms. The van der Waals surface area contributed by atoms with E-state index in [1.54, 1.807) is 0 Å². The van der Waals surface area contributed by atoms with E-state index in [0.717, 1.165) is 32.6 Å². The third-order valence-corrected chi connectivity index (χ3v) is 3.66. The van der Waals surface area contributed by atoms with Gasteiger partial charge in [0.2, 0.25) is 0 Å². The van der Waals surface area contributed by atoms with Crippen molar-refractivity contribution >= 4 is 0 Å². The van der Waals surface area contributed by atoms with Gasteiger partial charge in [0.25, 0.3) is 0 Å². The van der Waals surface area contributed by atoms with Gasteiger partial charge in [0.1, 0.15) is 0 Å². The summed E-state index contributed by atoms with van der Waals surface area (Å²) in [5, 5.41) is 9.49. The summed E-state index contributed by atoms with van der Waals surface area (Å²) >= 11 is 0. The van der Waals surface area contributed by atoms with Crippen molar-refractivity contribution in [1.82, 2.24) is 4.90 Å². The first-order valence-electron chi connectivity index (χ1n) is 6.43. The quantitative estimate of drug-likeness (QED) is 0.800. The second-order valence-corrected chi connectivity index (χ2v) is 4.86. The molecule has 1 aliphatic heterocycles. The molecule has 0 bridgehead atoms. The molecule has 1 fully saturated rings. The highest BCUT2D eigenvalue weighted by molar-refractivity contribution is 5.22. The lowest BCUT2D eigenvalue weighted by Gasteiger charge is -2.16. The summed E-state index contributed by atoms with van der Waals surface area (Å²) in [7, 11) is 0. The molecule has 2 rings (SSSR count). The predicted octanol–water partition coefficient (Wildman–Crippen LogP) is 1.04. The molecule has 0 amide bonds. The number of nitrogens with two attached hydrogens (primary N) is 1. The van der Waals surface area contributed by atoms with Crippen LogP contribution in [0.25, 0.3) is 0 Å². The van der Waals surface area contributed by atoms with Crippen molar-refractivity contribution < 1.29 is 5.11 Å². The number of hydrogen-bond acceptors (Lipinski definition) is 3. The Hall–Kier alpha value is -0.900. The number of nitrogens with zero attached hydrogens (tertiary/aromatic N) is 1. The molecule has 94 valence electrons. The van der Waals surface area contributed by atoms with Crippen LogP contribution < -0.4 is 5.73 Å². The molecule has 1 aliphatic rings. The predicted molar refractivity (Wildman–Crippen MR) is 69.9 cm³/mol. The zero-order chi connectivity index (χ0) is 12.1. The smallest absolute Gasteiger partial charge is 0.0477 e. The Morgan fingerprint density at radius 2 is 2.00 bits per heavy atom. The topological polar surface area (TPSA) is 49.5 Å². The lowest BCUT2D eigenvalue weighted by molar-refractivity contribution is 0.215. The zero-order valence-electron chi connectivity index (χ0n) is 10.3. The normalized spacial score (nSPS) is 25.3. The molecule has 0 saturated carbocycles. The van der Waals surface area contributed by atoms with Crippen LogP contribution in [-0.2, 0) is 0 Å². The van der Waals surface area contributed by atoms with Gasteiger partial charge in [-0.25, -0.2) is 0 Å². The lowest BCUT2D eigenvalue weighted by atomic mass is 9.90. The van der Waals surface area contributed by atoms with Gasteiger partial charge in [-0.2, -0.15) is 0 Å². The molecule has 0 spiro atoms. The summed E-state index contributed by atoms with van der Waals surface area (Å²) in [6, 6.07) is 10.5. The maximum Gasteiger partial charge on any atom is 0.0477 e. The van der Waals surface area contributed by atoms with E-state index in [2.05, 4.69) is 29.2 Å². The summed E-state index contributed by atoms with van der Waals surface area (Å²) < 4.78 is 0. The first-order chi connectivity index (χ1) is 8.35. The molecule has 1 aromatic carbocycles. The Balaban J connectivity index is 2.02. The molecule has 1 saturated heterocycles. The Bertz CT molecular complexity index is 328. The van der Waals surface area contributed by atoms with Gasteiger partial charge in [0.05, 0.1) is 0 Å². The van der Waals surface area contributed by atoms with Crippen molar-refractivity contribution in [2.45, 2.75) is 12.3 Å². The van der Waals surface area contributed by atoms with Gasteiger partial charge in [-0.3, -0.25) is 0 Å². The van der Waals surface area contributed by atoms with Crippen LogP contribution in [0.15, 0.2) is 30.3 Å². The maximum atomic E-state index is 9.49. The summed E-state index contributed by atoms with van der Waals surface area (Å²) in [6.07, 6.45) is 1.04. The SMILES string of the molecule is NCCCN1C[C@@H](CO)[C@H](c2ccccc2)C1. The second-order valence-electron chi connectivity index (χ2n) is 4.86. The molecule has 0 radical (unpaired) electrons. The van der Waals surface area contributed by atoms with E-state index < -0.39 is 0 Å². The fourth-order valence-corrected chi connectivity index (χ4v) is 2.72. The molecule has 3 nitrogen and oxygen atoms in total. The summed E-state index contributed by atoms with van der Waals surface area (Å²) in [6.45, 7) is 4.12. The van der Waals surface area contributed by atoms with Gasteiger partial charge in [-0.05, 0) is 25.1 Å². The van der Waals surface area contributed by atoms with Crippen LogP contribution in [0.1, 0.15) is 17.9 Å². The molecule has 0 unspecified atom stereocenters. The summed E-state index contributed by atoms with van der Waals surface area (Å²) in [5.41, 5.74) is 6.89. The van der Waals surface area contributed by atoms with Crippen molar-refractivity contribution in [2.75, 3.05) is 32.8 Å². The van der Waals surface area contributed by atoms with Gasteiger partial charge >= 0.3 is 0 Å². The number of benzene rings is 1. The second kappa shape index (κ2) is 6.15. The molecule has 3 N–H and O–H groups in total. The average Bonchev–Trinajstić information content (AvgIpc) is 2.80. The monoisotopic (exact) mass is 234 g/mol. The van der Waals surface area contributed by atoms with Gasteiger partial charge in [-0.15, -0.1) is 0 Å². The van der Waals surface area contributed by atoms with Crippen LogP contribution in [-0.4, -0.2) is 42.8 Å². The van der Waals surface area contributed by atoms with Crippen LogP contribution in [0.5, 0.6) is 0 Å². The Morgan fingerprint density at radius 3 is 2.65 bits per heavy atom. The van der Waals surface area contributed by atoms with E-state index in [1.165, 1.54) is 5.56 Å². The van der Waals surface area contributed by atoms with Crippen molar-refractivity contribution in [3.63, 3.8) is 0 Å². The Kier molecular flexibility index (Phi) is 4.54. The minimum absolute atomic E-state index is 0.276. The van der Waals surface area contributed by atoms with Crippen LogP contribution in [0.2, 0.25) is 0 Å². The lowest BCUT2D eigenvalue weighted by Crippen LogP contribution is -2.24. The first-order valence-corrected chi connectivity index (χ1v) is 6.43. The minimum atomic E-state index is 0.276. The zero-order valence-corrected chi connectivity index (χ0v) is 10.3. The standard InChI is InChI=1S/C14H22N2O/c15-7-4-8-16-9-13(11-17)14(10-16)12-5-2-1-3-6-12/h1-3,5-6,13-14,17H,4,7-11,15H2/t13-,14-/m0/s1. The van der Waals surface area contributed by atoms with Gasteiger partial charge in [-0.1, -0.05) is 30.3 Å². The third-order valence-electron chi connectivity index (χ3n) is 3.66. The molecule has 1 aromatic rings. The molecular weight excluding hydrogens is 212 g/mol. The molecule has 0 aliphatic carbocycles. The number of aliphatic hydroxyl groups is 1. The minimum Gasteiger partial charge on any atom is -0.396 e. The molecular formula is C14H22N2O. The average molecular weight is 234 g/mol. The van der Waals surface area contributed by atoms with E-state index >= 15 is 0 Å². The number of rotatable bonds is 5. The van der Waals surface area contributed by atoms with E-state index in [0.29, 0.717) is 11.8 Å². The van der Waals surface area contributed by atoms with E-state index in [4.69, 9.17) is 5.73 Å². The van der Waals surface area contributed by atoms with Gasteiger partial charge < -0.3 is 15.7 Å². The highest BCUT2D eigenvalue weighted by Gasteiger charge is 2.32. The van der Waals surface area contributed by atoms with Crippen molar-refractivity contribution in [2.24, 2.45) is 11.7 Å². The van der Waals surface area contributed by atoms with Gasteiger partial charge in [0.15, 0.2) is 0 Å².